The van der Waals surface area contributed by atoms with Gasteiger partial charge in [-0.3, -0.25) is 0 Å². The molecule has 0 saturated heterocycles. The third-order valence-corrected chi connectivity index (χ3v) is 1.61. The largest absolute Gasteiger partial charge is 0.491 e. The molecule has 14 heavy (non-hydrogen) atoms. The van der Waals surface area contributed by atoms with Gasteiger partial charge in [-0.2, -0.15) is 8.78 Å². The van der Waals surface area contributed by atoms with Crippen LogP contribution < -0.4 is 9.47 Å². The zero-order valence-electron chi connectivity index (χ0n) is 8.14. The van der Waals surface area contributed by atoms with Crippen molar-refractivity contribution in [1.29, 1.82) is 0 Å². The monoisotopic (exact) mass is 202 g/mol. The molecular weight excluding hydrogens is 190 g/mol. The summed E-state index contributed by atoms with van der Waals surface area (Å²) in [6.07, 6.45) is 0. The van der Waals surface area contributed by atoms with Gasteiger partial charge in [0, 0.05) is 0 Å². The maximum atomic E-state index is 13.2. The first-order valence-corrected chi connectivity index (χ1v) is 4.44. The van der Waals surface area contributed by atoms with Crippen molar-refractivity contribution >= 4 is 0 Å². The first-order valence-electron chi connectivity index (χ1n) is 4.44. The summed E-state index contributed by atoms with van der Waals surface area (Å²) in [6, 6.07) is 2.71. The molecule has 78 valence electrons. The summed E-state index contributed by atoms with van der Waals surface area (Å²) in [7, 11) is 0. The Hall–Kier alpha value is -1.32. The highest BCUT2D eigenvalue weighted by Crippen LogP contribution is 2.27. The Bertz CT molecular complexity index is 282. The van der Waals surface area contributed by atoms with E-state index in [2.05, 4.69) is 0 Å². The standard InChI is InChI=1S/C10H12F2O2/c1-3-13-7-5-6-8(14-4-2)10(12)9(7)11/h5-6H,3-4H2,1-2H3. The molecule has 0 aliphatic rings. The van der Waals surface area contributed by atoms with Crippen LogP contribution in [0, 0.1) is 11.6 Å². The minimum absolute atomic E-state index is 0.0894. The molecule has 4 heteroatoms. The topological polar surface area (TPSA) is 18.5 Å². The van der Waals surface area contributed by atoms with Gasteiger partial charge < -0.3 is 9.47 Å². The fourth-order valence-electron chi connectivity index (χ4n) is 1.05. The lowest BCUT2D eigenvalue weighted by Gasteiger charge is -2.08. The van der Waals surface area contributed by atoms with Crippen molar-refractivity contribution in [3.05, 3.63) is 23.8 Å². The summed E-state index contributed by atoms with van der Waals surface area (Å²) in [5.74, 6) is -2.18. The third-order valence-electron chi connectivity index (χ3n) is 1.61. The fraction of sp³-hybridized carbons (Fsp3) is 0.400. The van der Waals surface area contributed by atoms with Gasteiger partial charge in [0.15, 0.2) is 11.5 Å². The van der Waals surface area contributed by atoms with Gasteiger partial charge in [0.25, 0.3) is 0 Å². The highest BCUT2D eigenvalue weighted by molar-refractivity contribution is 5.34. The van der Waals surface area contributed by atoms with Gasteiger partial charge in [-0.25, -0.2) is 0 Å². The number of ether oxygens (including phenoxy) is 2. The summed E-state index contributed by atoms with van der Waals surface area (Å²) in [5.41, 5.74) is 0. The molecule has 0 unspecified atom stereocenters. The predicted octanol–water partition coefficient (Wildman–Crippen LogP) is 2.76. The minimum atomic E-state index is -1.00. The lowest BCUT2D eigenvalue weighted by molar-refractivity contribution is 0.292. The molecule has 0 radical (unpaired) electrons. The Balaban J connectivity index is 2.99. The van der Waals surface area contributed by atoms with Crippen LogP contribution in [0.2, 0.25) is 0 Å². The Morgan fingerprint density at radius 2 is 1.29 bits per heavy atom. The molecule has 0 N–H and O–H groups in total. The molecule has 0 heterocycles. The smallest absolute Gasteiger partial charge is 0.204 e. The highest BCUT2D eigenvalue weighted by Gasteiger charge is 2.14. The van der Waals surface area contributed by atoms with Crippen LogP contribution >= 0.6 is 0 Å². The second kappa shape index (κ2) is 4.79. The van der Waals surface area contributed by atoms with Gasteiger partial charge in [0.05, 0.1) is 13.2 Å². The average molecular weight is 202 g/mol. The summed E-state index contributed by atoms with van der Waals surface area (Å²) < 4.78 is 36.1. The van der Waals surface area contributed by atoms with Crippen LogP contribution in [0.1, 0.15) is 13.8 Å². The molecule has 0 bridgehead atoms. The Labute approximate surface area is 81.4 Å². The Kier molecular flexibility index (Phi) is 3.68. The van der Waals surface area contributed by atoms with E-state index in [1.165, 1.54) is 12.1 Å². The molecular formula is C10H12F2O2. The number of rotatable bonds is 4. The molecule has 1 aromatic rings. The van der Waals surface area contributed by atoms with Crippen molar-refractivity contribution in [2.75, 3.05) is 13.2 Å². The molecule has 0 fully saturated rings. The van der Waals surface area contributed by atoms with E-state index in [1.807, 2.05) is 0 Å². The molecule has 0 aromatic heterocycles. The van der Waals surface area contributed by atoms with Gasteiger partial charge >= 0.3 is 0 Å². The molecule has 0 aliphatic carbocycles. The molecule has 1 aromatic carbocycles. The van der Waals surface area contributed by atoms with Crippen molar-refractivity contribution in [1.82, 2.24) is 0 Å². The third kappa shape index (κ3) is 2.13. The maximum Gasteiger partial charge on any atom is 0.204 e. The van der Waals surface area contributed by atoms with Crippen molar-refractivity contribution in [2.24, 2.45) is 0 Å². The number of benzene rings is 1. The van der Waals surface area contributed by atoms with Gasteiger partial charge in [-0.15, -0.1) is 0 Å². The zero-order chi connectivity index (χ0) is 10.6. The van der Waals surface area contributed by atoms with E-state index in [9.17, 15) is 8.78 Å². The first kappa shape index (κ1) is 10.8. The van der Waals surface area contributed by atoms with E-state index < -0.39 is 11.6 Å². The van der Waals surface area contributed by atoms with Crippen LogP contribution in [-0.4, -0.2) is 13.2 Å². The van der Waals surface area contributed by atoms with E-state index in [1.54, 1.807) is 13.8 Å². The van der Waals surface area contributed by atoms with E-state index in [0.717, 1.165) is 0 Å². The molecule has 0 amide bonds. The molecule has 0 saturated carbocycles. The van der Waals surface area contributed by atoms with Crippen LogP contribution in [-0.2, 0) is 0 Å². The van der Waals surface area contributed by atoms with Gasteiger partial charge in [-0.1, -0.05) is 0 Å². The fourth-order valence-corrected chi connectivity index (χ4v) is 1.05. The van der Waals surface area contributed by atoms with Crippen molar-refractivity contribution in [3.63, 3.8) is 0 Å². The number of halogens is 2. The average Bonchev–Trinajstić information content (AvgIpc) is 2.18. The molecule has 0 aliphatic heterocycles. The van der Waals surface area contributed by atoms with Crippen LogP contribution in [0.25, 0.3) is 0 Å². The summed E-state index contributed by atoms with van der Waals surface area (Å²) in [5, 5.41) is 0. The second-order valence-corrected chi connectivity index (χ2v) is 2.56. The van der Waals surface area contributed by atoms with Gasteiger partial charge in [-0.05, 0) is 26.0 Å². The molecule has 0 spiro atoms. The van der Waals surface area contributed by atoms with Gasteiger partial charge in [0.1, 0.15) is 0 Å². The predicted molar refractivity (Wildman–Crippen MR) is 48.7 cm³/mol. The van der Waals surface area contributed by atoms with Crippen LogP contribution in [0.3, 0.4) is 0 Å². The zero-order valence-corrected chi connectivity index (χ0v) is 8.14. The molecule has 0 atom stereocenters. The van der Waals surface area contributed by atoms with Crippen LogP contribution in [0.15, 0.2) is 12.1 Å². The minimum Gasteiger partial charge on any atom is -0.491 e. The van der Waals surface area contributed by atoms with Crippen molar-refractivity contribution in [3.8, 4) is 11.5 Å². The second-order valence-electron chi connectivity index (χ2n) is 2.56. The Morgan fingerprint density at radius 3 is 1.57 bits per heavy atom. The summed E-state index contributed by atoms with van der Waals surface area (Å²) in [4.78, 5) is 0. The molecule has 2 nitrogen and oxygen atoms in total. The lowest BCUT2D eigenvalue weighted by Crippen LogP contribution is -2.00. The summed E-state index contributed by atoms with van der Waals surface area (Å²) in [6.45, 7) is 4.00. The number of hydrogen-bond donors (Lipinski definition) is 0. The van der Waals surface area contributed by atoms with E-state index in [0.29, 0.717) is 13.2 Å². The van der Waals surface area contributed by atoms with E-state index in [4.69, 9.17) is 9.47 Å². The van der Waals surface area contributed by atoms with Crippen LogP contribution in [0.5, 0.6) is 11.5 Å². The van der Waals surface area contributed by atoms with E-state index in [-0.39, 0.29) is 11.5 Å². The van der Waals surface area contributed by atoms with Crippen LogP contribution in [0.4, 0.5) is 8.78 Å². The van der Waals surface area contributed by atoms with Gasteiger partial charge in [0.2, 0.25) is 11.6 Å². The Morgan fingerprint density at radius 1 is 0.929 bits per heavy atom. The van der Waals surface area contributed by atoms with Crippen molar-refractivity contribution in [2.45, 2.75) is 13.8 Å². The molecule has 1 rings (SSSR count). The SMILES string of the molecule is CCOc1ccc(OCC)c(F)c1F. The first-order chi connectivity index (χ1) is 6.70. The van der Waals surface area contributed by atoms with E-state index >= 15 is 0 Å². The summed E-state index contributed by atoms with van der Waals surface area (Å²) >= 11 is 0. The number of hydrogen-bond acceptors (Lipinski definition) is 2. The normalized spacial score (nSPS) is 10.0. The quantitative estimate of drug-likeness (QED) is 0.747. The van der Waals surface area contributed by atoms with Crippen molar-refractivity contribution < 1.29 is 18.3 Å². The maximum absolute atomic E-state index is 13.2. The lowest BCUT2D eigenvalue weighted by atomic mass is 10.3. The highest BCUT2D eigenvalue weighted by atomic mass is 19.2.